The minimum Gasteiger partial charge on any atom is -0.340 e. The van der Waals surface area contributed by atoms with Gasteiger partial charge in [0, 0.05) is 67.9 Å². The summed E-state index contributed by atoms with van der Waals surface area (Å²) < 4.78 is 4.36. The largest absolute Gasteiger partial charge is 0.340 e. The van der Waals surface area contributed by atoms with E-state index in [2.05, 4.69) is 54.7 Å². The molecule has 5 heterocycles. The van der Waals surface area contributed by atoms with E-state index in [4.69, 9.17) is 6.57 Å². The van der Waals surface area contributed by atoms with Gasteiger partial charge < -0.3 is 14.8 Å². The molecule has 2 aromatic heterocycles. The van der Waals surface area contributed by atoms with Crippen molar-refractivity contribution in [3.63, 3.8) is 0 Å². The van der Waals surface area contributed by atoms with Crippen molar-refractivity contribution in [1.82, 2.24) is 19.4 Å². The Morgan fingerprint density at radius 2 is 1.91 bits per heavy atom. The first-order valence-electron chi connectivity index (χ1n) is 11.5. The summed E-state index contributed by atoms with van der Waals surface area (Å²) >= 11 is 0. The molecule has 34 heavy (non-hydrogen) atoms. The van der Waals surface area contributed by atoms with E-state index in [9.17, 15) is 4.79 Å². The second-order valence-corrected chi connectivity index (χ2v) is 9.59. The lowest BCUT2D eigenvalue weighted by molar-refractivity contribution is -0.118. The molecule has 1 amide bonds. The number of hydrogen-bond acceptors (Lipinski definition) is 3. The van der Waals surface area contributed by atoms with Gasteiger partial charge in [0.25, 0.3) is 0 Å². The van der Waals surface area contributed by atoms with Crippen molar-refractivity contribution in [1.29, 1.82) is 0 Å². The third-order valence-corrected chi connectivity index (χ3v) is 7.39. The predicted molar refractivity (Wildman–Crippen MR) is 130 cm³/mol. The van der Waals surface area contributed by atoms with Gasteiger partial charge in [-0.05, 0) is 35.4 Å². The number of hydrogen-bond donors (Lipinski definition) is 1. The molecule has 3 aliphatic heterocycles. The monoisotopic (exact) mass is 446 g/mol. The first kappa shape index (κ1) is 19.3. The lowest BCUT2D eigenvalue weighted by Gasteiger charge is -2.38. The molecular formula is C27H22N6O. The maximum Gasteiger partial charge on any atom is 0.227 e. The second kappa shape index (κ2) is 6.92. The third kappa shape index (κ3) is 2.79. The fraction of sp³-hybridized carbons (Fsp3) is 0.222. The SMILES string of the molecule is [C-]#[N+]c1ccc(-c2cc3n(c2)Cc2cc(N4CC5(CNC5)CC4=O)ccc2-n2ccnc2-3)cc1. The average Bonchev–Trinajstić information content (AvgIpc) is 3.54. The summed E-state index contributed by atoms with van der Waals surface area (Å²) in [5.74, 6) is 1.11. The molecule has 3 aliphatic rings. The molecule has 0 unspecified atom stereocenters. The molecule has 1 N–H and O–H groups in total. The predicted octanol–water partition coefficient (Wildman–Crippen LogP) is 4.25. The number of fused-ring (bicyclic) bond motifs is 5. The number of amides is 1. The quantitative estimate of drug-likeness (QED) is 0.413. The Kier molecular flexibility index (Phi) is 3.94. The normalized spacial score (nSPS) is 17.5. The van der Waals surface area contributed by atoms with Gasteiger partial charge in [-0.1, -0.05) is 24.3 Å². The van der Waals surface area contributed by atoms with E-state index >= 15 is 0 Å². The highest BCUT2D eigenvalue weighted by molar-refractivity contribution is 5.97. The van der Waals surface area contributed by atoms with Crippen LogP contribution < -0.4 is 10.2 Å². The third-order valence-electron chi connectivity index (χ3n) is 7.39. The molecule has 0 atom stereocenters. The lowest BCUT2D eigenvalue weighted by atomic mass is 9.81. The molecule has 0 saturated carbocycles. The van der Waals surface area contributed by atoms with Crippen LogP contribution >= 0.6 is 0 Å². The van der Waals surface area contributed by atoms with Crippen LogP contribution in [0.2, 0.25) is 0 Å². The summed E-state index contributed by atoms with van der Waals surface area (Å²) in [6.07, 6.45) is 6.60. The van der Waals surface area contributed by atoms with E-state index in [0.717, 1.165) is 59.2 Å². The van der Waals surface area contributed by atoms with E-state index in [1.54, 1.807) is 0 Å². The van der Waals surface area contributed by atoms with Crippen LogP contribution in [0.15, 0.2) is 67.1 Å². The van der Waals surface area contributed by atoms with Gasteiger partial charge in [0.15, 0.2) is 11.5 Å². The van der Waals surface area contributed by atoms with Gasteiger partial charge >= 0.3 is 0 Å². The highest BCUT2D eigenvalue weighted by Gasteiger charge is 2.47. The number of carbonyl (C=O) groups is 1. The Hall–Kier alpha value is -4.15. The van der Waals surface area contributed by atoms with Crippen LogP contribution in [0, 0.1) is 12.0 Å². The van der Waals surface area contributed by atoms with Crippen molar-refractivity contribution < 1.29 is 4.79 Å². The van der Waals surface area contributed by atoms with Crippen molar-refractivity contribution >= 4 is 17.3 Å². The van der Waals surface area contributed by atoms with Crippen LogP contribution in [-0.4, -0.2) is 39.7 Å². The highest BCUT2D eigenvalue weighted by atomic mass is 16.2. The molecular weight excluding hydrogens is 424 g/mol. The Labute approximate surface area is 197 Å². The van der Waals surface area contributed by atoms with Crippen LogP contribution in [-0.2, 0) is 11.3 Å². The molecule has 4 aromatic rings. The molecule has 1 spiro atoms. The molecule has 7 heteroatoms. The Bertz CT molecular complexity index is 1500. The van der Waals surface area contributed by atoms with Crippen LogP contribution in [0.4, 0.5) is 11.4 Å². The number of anilines is 1. The molecule has 7 rings (SSSR count). The molecule has 2 aromatic carbocycles. The Morgan fingerprint density at radius 1 is 1.06 bits per heavy atom. The molecule has 2 fully saturated rings. The molecule has 7 nitrogen and oxygen atoms in total. The van der Waals surface area contributed by atoms with Gasteiger partial charge in [0.05, 0.1) is 18.0 Å². The van der Waals surface area contributed by atoms with Crippen LogP contribution in [0.3, 0.4) is 0 Å². The smallest absolute Gasteiger partial charge is 0.227 e. The summed E-state index contributed by atoms with van der Waals surface area (Å²) in [5, 5.41) is 3.33. The van der Waals surface area contributed by atoms with Crippen molar-refractivity contribution in [2.24, 2.45) is 5.41 Å². The number of carbonyl (C=O) groups excluding carboxylic acids is 1. The molecule has 0 aliphatic carbocycles. The number of aromatic nitrogens is 3. The number of nitrogens with zero attached hydrogens (tertiary/aromatic N) is 5. The van der Waals surface area contributed by atoms with E-state index in [0.29, 0.717) is 18.7 Å². The van der Waals surface area contributed by atoms with Crippen molar-refractivity contribution in [3.05, 3.63) is 84.1 Å². The Balaban J connectivity index is 1.30. The standard InChI is InChI=1S/C27H22N6O/c1-28-21-4-2-18(3-5-21)19-11-24-26-30-8-9-32(26)23-7-6-22(10-20(23)14-31(24)13-19)33-17-27(12-25(33)34)15-29-16-27/h2-11,13,29H,12,14-17H2. The Morgan fingerprint density at radius 3 is 2.65 bits per heavy atom. The zero-order valence-electron chi connectivity index (χ0n) is 18.5. The van der Waals surface area contributed by atoms with Crippen LogP contribution in [0.25, 0.3) is 33.2 Å². The second-order valence-electron chi connectivity index (χ2n) is 9.59. The minimum absolute atomic E-state index is 0.104. The van der Waals surface area contributed by atoms with Crippen molar-refractivity contribution in [2.75, 3.05) is 24.5 Å². The highest BCUT2D eigenvalue weighted by Crippen LogP contribution is 2.40. The molecule has 2 saturated heterocycles. The molecule has 166 valence electrons. The van der Waals surface area contributed by atoms with Gasteiger partial charge in [-0.25, -0.2) is 9.83 Å². The van der Waals surface area contributed by atoms with E-state index < -0.39 is 0 Å². The fourth-order valence-corrected chi connectivity index (χ4v) is 5.53. The van der Waals surface area contributed by atoms with Gasteiger partial charge in [0.2, 0.25) is 5.91 Å². The topological polar surface area (TPSA) is 59.4 Å². The molecule has 0 radical (unpaired) electrons. The average molecular weight is 447 g/mol. The van der Waals surface area contributed by atoms with Crippen LogP contribution in [0.5, 0.6) is 0 Å². The summed E-state index contributed by atoms with van der Waals surface area (Å²) in [6, 6.07) is 16.2. The van der Waals surface area contributed by atoms with E-state index in [1.807, 2.05) is 41.6 Å². The van der Waals surface area contributed by atoms with Crippen LogP contribution in [0.1, 0.15) is 12.0 Å². The maximum atomic E-state index is 12.8. The summed E-state index contributed by atoms with van der Waals surface area (Å²) in [4.78, 5) is 23.0. The van der Waals surface area contributed by atoms with Gasteiger partial charge in [-0.2, -0.15) is 0 Å². The summed E-state index contributed by atoms with van der Waals surface area (Å²) in [6.45, 7) is 10.5. The maximum absolute atomic E-state index is 12.8. The first-order chi connectivity index (χ1) is 16.6. The zero-order chi connectivity index (χ0) is 22.9. The summed E-state index contributed by atoms with van der Waals surface area (Å²) in [5.41, 5.74) is 7.17. The van der Waals surface area contributed by atoms with E-state index in [1.165, 1.54) is 0 Å². The lowest BCUT2D eigenvalue weighted by Crippen LogP contribution is -2.54. The van der Waals surface area contributed by atoms with Gasteiger partial charge in [0.1, 0.15) is 0 Å². The van der Waals surface area contributed by atoms with Gasteiger partial charge in [-0.15, -0.1) is 0 Å². The van der Waals surface area contributed by atoms with E-state index in [-0.39, 0.29) is 11.3 Å². The number of benzene rings is 2. The minimum atomic E-state index is 0.104. The van der Waals surface area contributed by atoms with Gasteiger partial charge in [-0.3, -0.25) is 9.36 Å². The number of imidazole rings is 1. The summed E-state index contributed by atoms with van der Waals surface area (Å²) in [7, 11) is 0. The zero-order valence-corrected chi connectivity index (χ0v) is 18.5. The molecule has 0 bridgehead atoms. The number of rotatable bonds is 2. The number of nitrogens with one attached hydrogen (secondary N) is 1. The fourth-order valence-electron chi connectivity index (χ4n) is 5.53. The first-order valence-corrected chi connectivity index (χ1v) is 11.5. The van der Waals surface area contributed by atoms with Crippen molar-refractivity contribution in [2.45, 2.75) is 13.0 Å². The van der Waals surface area contributed by atoms with Crippen molar-refractivity contribution in [3.8, 4) is 28.3 Å².